The number of aromatic amines is 1. The van der Waals surface area contributed by atoms with Gasteiger partial charge in [0.2, 0.25) is 11.6 Å². The minimum atomic E-state index is -1.81. The van der Waals surface area contributed by atoms with Gasteiger partial charge in [-0.05, 0) is 26.0 Å². The van der Waals surface area contributed by atoms with Crippen molar-refractivity contribution in [3.8, 4) is 23.4 Å². The number of nitriles is 1. The molecule has 0 spiro atoms. The zero-order chi connectivity index (χ0) is 22.2. The Labute approximate surface area is 182 Å². The molecule has 2 aromatic heterocycles. The van der Waals surface area contributed by atoms with E-state index in [1.54, 1.807) is 6.07 Å². The Morgan fingerprint density at radius 1 is 1.17 bits per heavy atom. The van der Waals surface area contributed by atoms with E-state index in [0.717, 1.165) is 4.68 Å². The molecule has 0 bridgehead atoms. The molecule has 1 N–H and O–H groups in total. The van der Waals surface area contributed by atoms with E-state index in [4.69, 9.17) is 44.8 Å². The van der Waals surface area contributed by atoms with Gasteiger partial charge in [-0.3, -0.25) is 9.78 Å². The minimum Gasteiger partial charge on any atom is -0.434 e. The van der Waals surface area contributed by atoms with E-state index in [9.17, 15) is 14.0 Å². The molecule has 0 aliphatic heterocycles. The first-order valence-corrected chi connectivity index (χ1v) is 9.18. The molecule has 30 heavy (non-hydrogen) atoms. The van der Waals surface area contributed by atoms with Gasteiger partial charge in [0.05, 0.1) is 15.7 Å². The predicted octanol–water partition coefficient (Wildman–Crippen LogP) is 3.54. The van der Waals surface area contributed by atoms with Gasteiger partial charge in [0.15, 0.2) is 10.9 Å². The first-order chi connectivity index (χ1) is 14.0. The van der Waals surface area contributed by atoms with Gasteiger partial charge in [-0.25, -0.2) is 9.18 Å². The fourth-order valence-corrected chi connectivity index (χ4v) is 3.21. The van der Waals surface area contributed by atoms with Crippen LogP contribution in [0.5, 0.6) is 11.6 Å². The number of benzene rings is 1. The summed E-state index contributed by atoms with van der Waals surface area (Å²) in [5.74, 6) is -0.179. The zero-order valence-electron chi connectivity index (χ0n) is 15.2. The van der Waals surface area contributed by atoms with Crippen molar-refractivity contribution >= 4 is 34.8 Å². The van der Waals surface area contributed by atoms with E-state index >= 15 is 0 Å². The van der Waals surface area contributed by atoms with Crippen LogP contribution in [0.2, 0.25) is 15.2 Å². The van der Waals surface area contributed by atoms with Crippen LogP contribution in [0.3, 0.4) is 0 Å². The van der Waals surface area contributed by atoms with Crippen LogP contribution in [0.25, 0.3) is 5.69 Å². The lowest BCUT2D eigenvalue weighted by Gasteiger charge is -2.16. The van der Waals surface area contributed by atoms with Gasteiger partial charge in [0, 0.05) is 11.6 Å². The van der Waals surface area contributed by atoms with Crippen LogP contribution in [0.15, 0.2) is 27.8 Å². The highest BCUT2D eigenvalue weighted by atomic mass is 35.5. The van der Waals surface area contributed by atoms with Gasteiger partial charge in [-0.1, -0.05) is 34.8 Å². The third kappa shape index (κ3) is 4.28. The molecule has 0 amide bonds. The zero-order valence-corrected chi connectivity index (χ0v) is 17.5. The molecule has 0 radical (unpaired) electrons. The Morgan fingerprint density at radius 3 is 2.37 bits per heavy atom. The lowest BCUT2D eigenvalue weighted by Crippen LogP contribution is -2.33. The quantitative estimate of drug-likeness (QED) is 0.616. The van der Waals surface area contributed by atoms with Gasteiger partial charge >= 0.3 is 5.69 Å². The number of nitrogens with zero attached hydrogens (tertiary/aromatic N) is 5. The first kappa shape index (κ1) is 21.7. The highest BCUT2D eigenvalue weighted by molar-refractivity contribution is 6.37. The average Bonchev–Trinajstić information content (AvgIpc) is 2.65. The number of H-pyrrole nitrogens is 1. The van der Waals surface area contributed by atoms with E-state index in [-0.39, 0.29) is 38.1 Å². The second-order valence-corrected chi connectivity index (χ2v) is 7.50. The highest BCUT2D eigenvalue weighted by Gasteiger charge is 2.25. The molecule has 3 rings (SSSR count). The molecule has 0 aliphatic rings. The van der Waals surface area contributed by atoms with Crippen molar-refractivity contribution in [1.82, 2.24) is 25.0 Å². The largest absolute Gasteiger partial charge is 0.434 e. The Hall–Kier alpha value is -3.00. The summed E-state index contributed by atoms with van der Waals surface area (Å²) in [6.45, 7) is 2.58. The first-order valence-electron chi connectivity index (χ1n) is 8.05. The predicted molar refractivity (Wildman–Crippen MR) is 106 cm³/mol. The molecule has 13 heteroatoms. The summed E-state index contributed by atoms with van der Waals surface area (Å²) in [6, 6.07) is 5.35. The summed E-state index contributed by atoms with van der Waals surface area (Å²) in [7, 11) is 0. The number of hydrogen-bond donors (Lipinski definition) is 1. The number of alkyl halides is 1. The SMILES string of the molecule is CC(C)(F)c1cc(Oc2c(Cl)cc(-n3nc(C#N)c(=O)[nH]c3=O)cc2Cl)nnc1Cl. The van der Waals surface area contributed by atoms with E-state index < -0.39 is 22.6 Å². The third-order valence-corrected chi connectivity index (χ3v) is 4.58. The van der Waals surface area contributed by atoms with Crippen LogP contribution in [0.4, 0.5) is 4.39 Å². The Balaban J connectivity index is 2.05. The molecule has 0 unspecified atom stereocenters. The van der Waals surface area contributed by atoms with Gasteiger partial charge < -0.3 is 4.74 Å². The average molecular weight is 472 g/mol. The van der Waals surface area contributed by atoms with Crippen LogP contribution >= 0.6 is 34.8 Å². The van der Waals surface area contributed by atoms with Crippen LogP contribution < -0.4 is 16.0 Å². The summed E-state index contributed by atoms with van der Waals surface area (Å²) >= 11 is 18.3. The molecule has 0 aliphatic carbocycles. The Bertz CT molecular complexity index is 1290. The van der Waals surface area contributed by atoms with Crippen LogP contribution in [0, 0.1) is 11.3 Å². The molecular formula is C17H10Cl3FN6O3. The maximum Gasteiger partial charge on any atom is 0.349 e. The van der Waals surface area contributed by atoms with Crippen LogP contribution in [-0.2, 0) is 5.67 Å². The van der Waals surface area contributed by atoms with Crippen molar-refractivity contribution in [3.63, 3.8) is 0 Å². The third-order valence-electron chi connectivity index (χ3n) is 3.73. The van der Waals surface area contributed by atoms with E-state index in [2.05, 4.69) is 15.3 Å². The fourth-order valence-electron chi connectivity index (χ4n) is 2.34. The number of halogens is 4. The summed E-state index contributed by atoms with van der Waals surface area (Å²) < 4.78 is 20.6. The van der Waals surface area contributed by atoms with Gasteiger partial charge in [-0.2, -0.15) is 9.94 Å². The molecule has 0 saturated heterocycles. The summed E-state index contributed by atoms with van der Waals surface area (Å²) in [5, 5.41) is 19.7. The van der Waals surface area contributed by atoms with Crippen molar-refractivity contribution in [2.45, 2.75) is 19.5 Å². The van der Waals surface area contributed by atoms with Crippen LogP contribution in [0.1, 0.15) is 25.1 Å². The highest BCUT2D eigenvalue weighted by Crippen LogP contribution is 2.39. The molecule has 0 atom stereocenters. The second-order valence-electron chi connectivity index (χ2n) is 6.33. The van der Waals surface area contributed by atoms with Crippen molar-refractivity contribution in [2.75, 3.05) is 0 Å². The van der Waals surface area contributed by atoms with Crippen molar-refractivity contribution in [1.29, 1.82) is 5.26 Å². The Morgan fingerprint density at radius 2 is 1.80 bits per heavy atom. The Kier molecular flexibility index (Phi) is 5.81. The number of rotatable bonds is 4. The normalized spacial score (nSPS) is 11.2. The number of aromatic nitrogens is 5. The van der Waals surface area contributed by atoms with Crippen LogP contribution in [-0.4, -0.2) is 25.0 Å². The van der Waals surface area contributed by atoms with E-state index in [0.29, 0.717) is 0 Å². The molecule has 3 aromatic rings. The number of nitrogens with one attached hydrogen (secondary N) is 1. The maximum atomic E-state index is 14.3. The summed E-state index contributed by atoms with van der Waals surface area (Å²) in [5.41, 5.74) is -4.06. The number of ether oxygens (including phenoxy) is 1. The van der Waals surface area contributed by atoms with Crippen molar-refractivity contribution in [2.24, 2.45) is 0 Å². The van der Waals surface area contributed by atoms with Crippen molar-refractivity contribution < 1.29 is 9.13 Å². The molecule has 0 saturated carbocycles. The standard InChI is InChI=1S/C17H10Cl3FN6O3/c1-17(2,21)8-5-12(24-25-14(8)20)30-13-9(18)3-7(4-10(13)19)27-16(29)23-15(28)11(6-22)26-27/h3-5H,1-2H3,(H,23,28,29). The van der Waals surface area contributed by atoms with E-state index in [1.807, 2.05) is 4.98 Å². The minimum absolute atomic E-state index is 0.0473. The smallest absolute Gasteiger partial charge is 0.349 e. The monoisotopic (exact) mass is 470 g/mol. The second kappa shape index (κ2) is 8.02. The van der Waals surface area contributed by atoms with E-state index in [1.165, 1.54) is 32.0 Å². The molecular weight excluding hydrogens is 462 g/mol. The maximum absolute atomic E-state index is 14.3. The fraction of sp³-hybridized carbons (Fsp3) is 0.176. The lowest BCUT2D eigenvalue weighted by atomic mass is 10.0. The topological polar surface area (TPSA) is 127 Å². The van der Waals surface area contributed by atoms with Crippen molar-refractivity contribution in [3.05, 3.63) is 65.5 Å². The molecule has 2 heterocycles. The summed E-state index contributed by atoms with van der Waals surface area (Å²) in [4.78, 5) is 25.5. The lowest BCUT2D eigenvalue weighted by molar-refractivity contribution is 0.219. The van der Waals surface area contributed by atoms with Gasteiger partial charge in [0.25, 0.3) is 5.56 Å². The summed E-state index contributed by atoms with van der Waals surface area (Å²) in [6.07, 6.45) is 0. The van der Waals surface area contributed by atoms with Gasteiger partial charge in [0.1, 0.15) is 11.7 Å². The molecule has 154 valence electrons. The number of hydrogen-bond acceptors (Lipinski definition) is 7. The van der Waals surface area contributed by atoms with Gasteiger partial charge in [-0.15, -0.1) is 15.3 Å². The molecule has 9 nitrogen and oxygen atoms in total. The molecule has 0 fully saturated rings. The molecule has 1 aromatic carbocycles.